The summed E-state index contributed by atoms with van der Waals surface area (Å²) < 4.78 is 5.89. The van der Waals surface area contributed by atoms with Gasteiger partial charge in [-0.1, -0.05) is 60.7 Å². The monoisotopic (exact) mass is 477 g/mol. The van der Waals surface area contributed by atoms with Crippen molar-refractivity contribution < 1.29 is 19.6 Å². The number of aliphatic imine (C=N–C) groups is 1. The van der Waals surface area contributed by atoms with Crippen molar-refractivity contribution in [3.05, 3.63) is 130 Å². The van der Waals surface area contributed by atoms with Crippen molar-refractivity contribution in [2.45, 2.75) is 0 Å². The second-order valence-corrected chi connectivity index (χ2v) is 7.89. The number of benzene rings is 4. The van der Waals surface area contributed by atoms with Crippen LogP contribution in [0, 0.1) is 10.1 Å². The molecule has 0 atom stereocenters. The number of amides is 1. The van der Waals surface area contributed by atoms with E-state index < -0.39 is 16.6 Å². The van der Waals surface area contributed by atoms with E-state index in [1.165, 1.54) is 17.0 Å². The number of nitrogens with zero attached hydrogens (tertiary/aromatic N) is 3. The molecule has 1 heterocycles. The van der Waals surface area contributed by atoms with Gasteiger partial charge >= 0.3 is 0 Å². The van der Waals surface area contributed by atoms with E-state index in [2.05, 4.69) is 4.99 Å². The van der Waals surface area contributed by atoms with Crippen LogP contribution in [-0.4, -0.2) is 21.8 Å². The largest absolute Gasteiger partial charge is 0.505 e. The summed E-state index contributed by atoms with van der Waals surface area (Å²) in [7, 11) is 0. The third-order valence-electron chi connectivity index (χ3n) is 5.44. The number of ether oxygens (including phenoxy) is 1. The van der Waals surface area contributed by atoms with Crippen LogP contribution < -0.4 is 9.64 Å². The highest BCUT2D eigenvalue weighted by Gasteiger charge is 2.34. The Hall–Kier alpha value is -5.24. The molecule has 176 valence electrons. The number of para-hydroxylation sites is 1. The third-order valence-corrected chi connectivity index (χ3v) is 5.44. The van der Waals surface area contributed by atoms with Gasteiger partial charge in [0.25, 0.3) is 11.6 Å². The highest BCUT2D eigenvalue weighted by atomic mass is 16.6. The van der Waals surface area contributed by atoms with E-state index >= 15 is 0 Å². The van der Waals surface area contributed by atoms with E-state index in [-0.39, 0.29) is 17.1 Å². The summed E-state index contributed by atoms with van der Waals surface area (Å²) in [4.78, 5) is 29.8. The van der Waals surface area contributed by atoms with Gasteiger partial charge in [-0.25, -0.2) is 4.99 Å². The predicted octanol–water partition coefficient (Wildman–Crippen LogP) is 5.93. The lowest BCUT2D eigenvalue weighted by atomic mass is 10.1. The van der Waals surface area contributed by atoms with Crippen molar-refractivity contribution >= 4 is 29.2 Å². The molecule has 0 bridgehead atoms. The second-order valence-electron chi connectivity index (χ2n) is 7.89. The molecule has 0 fully saturated rings. The van der Waals surface area contributed by atoms with Gasteiger partial charge in [-0.15, -0.1) is 0 Å². The molecule has 4 aromatic rings. The normalized spacial score (nSPS) is 14.1. The lowest BCUT2D eigenvalue weighted by Gasteiger charge is -2.19. The highest BCUT2D eigenvalue weighted by Crippen LogP contribution is 2.36. The zero-order valence-electron chi connectivity index (χ0n) is 18.8. The number of nitro benzene ring substituents is 1. The molecule has 5 rings (SSSR count). The molecule has 8 nitrogen and oxygen atoms in total. The highest BCUT2D eigenvalue weighted by molar-refractivity contribution is 6.33. The maximum atomic E-state index is 13.5. The molecule has 1 amide bonds. The Balaban J connectivity index is 1.54. The number of aromatic hydroxyl groups is 1. The SMILES string of the molecule is O=C1/C(=C\c2cccc(Oc3ccccc3)c2)N=C(c2ccccc2)N1c1ccc([N+](=O)[O-])cc1O. The molecule has 1 aliphatic rings. The summed E-state index contributed by atoms with van der Waals surface area (Å²) in [6.07, 6.45) is 1.63. The molecule has 0 radical (unpaired) electrons. The number of phenols is 1. The van der Waals surface area contributed by atoms with Crippen molar-refractivity contribution in [1.82, 2.24) is 0 Å². The van der Waals surface area contributed by atoms with Crippen molar-refractivity contribution in [2.75, 3.05) is 4.90 Å². The maximum absolute atomic E-state index is 13.5. The molecular weight excluding hydrogens is 458 g/mol. The Morgan fingerprint density at radius 2 is 1.56 bits per heavy atom. The zero-order chi connectivity index (χ0) is 25.1. The van der Waals surface area contributed by atoms with Crippen molar-refractivity contribution in [2.24, 2.45) is 4.99 Å². The van der Waals surface area contributed by atoms with E-state index in [1.807, 2.05) is 66.7 Å². The topological polar surface area (TPSA) is 105 Å². The Bertz CT molecular complexity index is 1510. The standard InChI is InChI=1S/C28H19N3O5/c32-26-18-21(31(34)35)14-15-25(26)30-27(20-9-3-1-4-10-20)29-24(28(30)33)17-19-8-7-13-23(16-19)36-22-11-5-2-6-12-22/h1-18,32H/b24-17+. The Morgan fingerprint density at radius 3 is 2.25 bits per heavy atom. The van der Waals surface area contributed by atoms with Gasteiger partial charge in [0.2, 0.25) is 0 Å². The maximum Gasteiger partial charge on any atom is 0.282 e. The fourth-order valence-electron chi connectivity index (χ4n) is 3.79. The smallest absolute Gasteiger partial charge is 0.282 e. The molecule has 0 aliphatic carbocycles. The number of carbonyl (C=O) groups is 1. The van der Waals surface area contributed by atoms with Gasteiger partial charge < -0.3 is 9.84 Å². The number of hydrogen-bond acceptors (Lipinski definition) is 6. The summed E-state index contributed by atoms with van der Waals surface area (Å²) in [6.45, 7) is 0. The number of non-ortho nitro benzene ring substituents is 1. The lowest BCUT2D eigenvalue weighted by Crippen LogP contribution is -2.32. The van der Waals surface area contributed by atoms with Gasteiger partial charge in [0, 0.05) is 11.6 Å². The zero-order valence-corrected chi connectivity index (χ0v) is 18.8. The van der Waals surface area contributed by atoms with E-state index in [1.54, 1.807) is 24.3 Å². The van der Waals surface area contributed by atoms with Gasteiger partial charge in [0.05, 0.1) is 16.7 Å². The summed E-state index contributed by atoms with van der Waals surface area (Å²) >= 11 is 0. The first-order valence-corrected chi connectivity index (χ1v) is 11.0. The molecule has 0 saturated carbocycles. The molecular formula is C28H19N3O5. The Kier molecular flexibility index (Phi) is 5.98. The lowest BCUT2D eigenvalue weighted by molar-refractivity contribution is -0.384. The fraction of sp³-hybridized carbons (Fsp3) is 0. The van der Waals surface area contributed by atoms with E-state index in [9.17, 15) is 20.0 Å². The Morgan fingerprint density at radius 1 is 0.861 bits per heavy atom. The molecule has 8 heteroatoms. The molecule has 4 aromatic carbocycles. The molecule has 36 heavy (non-hydrogen) atoms. The van der Waals surface area contributed by atoms with Crippen molar-refractivity contribution in [1.29, 1.82) is 0 Å². The number of phenolic OH excluding ortho intramolecular Hbond substituents is 1. The first kappa shape index (κ1) is 22.5. The number of hydrogen-bond donors (Lipinski definition) is 1. The minimum Gasteiger partial charge on any atom is -0.505 e. The molecule has 1 N–H and O–H groups in total. The number of nitro groups is 1. The van der Waals surface area contributed by atoms with Gasteiger partial charge in [-0.05, 0) is 42.0 Å². The minimum atomic E-state index is -0.614. The summed E-state index contributed by atoms with van der Waals surface area (Å²) in [5.74, 6) is 0.697. The fourth-order valence-corrected chi connectivity index (χ4v) is 3.79. The molecule has 0 unspecified atom stereocenters. The van der Waals surface area contributed by atoms with Crippen LogP contribution in [0.2, 0.25) is 0 Å². The molecule has 0 spiro atoms. The van der Waals surface area contributed by atoms with Crippen LogP contribution in [0.1, 0.15) is 11.1 Å². The summed E-state index contributed by atoms with van der Waals surface area (Å²) in [5.41, 5.74) is 1.29. The first-order valence-electron chi connectivity index (χ1n) is 11.0. The van der Waals surface area contributed by atoms with Crippen LogP contribution in [-0.2, 0) is 4.79 Å². The first-order chi connectivity index (χ1) is 17.5. The molecule has 0 aromatic heterocycles. The van der Waals surface area contributed by atoms with Crippen LogP contribution in [0.3, 0.4) is 0 Å². The van der Waals surface area contributed by atoms with Crippen molar-refractivity contribution in [3.8, 4) is 17.2 Å². The average molecular weight is 477 g/mol. The van der Waals surface area contributed by atoms with Gasteiger partial charge in [0.1, 0.15) is 28.8 Å². The third kappa shape index (κ3) is 4.55. The number of rotatable bonds is 6. The predicted molar refractivity (Wildman–Crippen MR) is 136 cm³/mol. The average Bonchev–Trinajstić information content (AvgIpc) is 3.21. The van der Waals surface area contributed by atoms with E-state index in [4.69, 9.17) is 4.74 Å². The molecule has 1 aliphatic heterocycles. The number of amidine groups is 1. The summed E-state index contributed by atoms with van der Waals surface area (Å²) in [6, 6.07) is 29.2. The van der Waals surface area contributed by atoms with Gasteiger partial charge in [-0.3, -0.25) is 19.8 Å². The van der Waals surface area contributed by atoms with E-state index in [0.29, 0.717) is 28.5 Å². The van der Waals surface area contributed by atoms with Crippen LogP contribution >= 0.6 is 0 Å². The van der Waals surface area contributed by atoms with Crippen LogP contribution in [0.25, 0.3) is 6.08 Å². The second kappa shape index (κ2) is 9.55. The van der Waals surface area contributed by atoms with Crippen molar-refractivity contribution in [3.63, 3.8) is 0 Å². The Labute approximate surface area is 206 Å². The number of carbonyl (C=O) groups excluding carboxylic acids is 1. The molecule has 0 saturated heterocycles. The van der Waals surface area contributed by atoms with Crippen LogP contribution in [0.15, 0.2) is 114 Å². The minimum absolute atomic E-state index is 0.0952. The van der Waals surface area contributed by atoms with Gasteiger partial charge in [0.15, 0.2) is 0 Å². The van der Waals surface area contributed by atoms with Crippen LogP contribution in [0.4, 0.5) is 11.4 Å². The number of anilines is 1. The van der Waals surface area contributed by atoms with Crippen LogP contribution in [0.5, 0.6) is 17.2 Å². The summed E-state index contributed by atoms with van der Waals surface area (Å²) in [5, 5.41) is 21.7. The van der Waals surface area contributed by atoms with E-state index in [0.717, 1.165) is 6.07 Å². The van der Waals surface area contributed by atoms with Gasteiger partial charge in [-0.2, -0.15) is 0 Å². The quantitative estimate of drug-likeness (QED) is 0.211.